The minimum Gasteiger partial charge on any atom is -0.462 e. The maximum Gasteiger partial charge on any atom is 0.302 e. The van der Waals surface area contributed by atoms with Crippen LogP contribution < -0.4 is 0 Å². The highest BCUT2D eigenvalue weighted by atomic mass is 16.5. The second-order valence-corrected chi connectivity index (χ2v) is 4.95. The number of esters is 1. The number of allylic oxidation sites excluding steroid dienone is 2. The molecule has 0 spiro atoms. The molecule has 0 N–H and O–H groups in total. The Morgan fingerprint density at radius 1 is 1.50 bits per heavy atom. The molecule has 2 heteroatoms. The van der Waals surface area contributed by atoms with Gasteiger partial charge in [-0.15, -0.1) is 6.58 Å². The summed E-state index contributed by atoms with van der Waals surface area (Å²) in [7, 11) is 0. The molecule has 0 heterocycles. The van der Waals surface area contributed by atoms with Crippen LogP contribution in [0.4, 0.5) is 0 Å². The molecule has 0 bridgehead atoms. The molecule has 4 atom stereocenters. The van der Waals surface area contributed by atoms with E-state index < -0.39 is 0 Å². The summed E-state index contributed by atoms with van der Waals surface area (Å²) in [5.74, 6) is 1.56. The van der Waals surface area contributed by atoms with Crippen molar-refractivity contribution in [2.24, 2.45) is 17.8 Å². The van der Waals surface area contributed by atoms with Crippen molar-refractivity contribution in [3.8, 4) is 0 Å². The van der Waals surface area contributed by atoms with Gasteiger partial charge in [-0.25, -0.2) is 0 Å². The van der Waals surface area contributed by atoms with Crippen LogP contribution in [-0.4, -0.2) is 12.1 Å². The minimum absolute atomic E-state index is 0.0928. The summed E-state index contributed by atoms with van der Waals surface area (Å²) in [4.78, 5) is 11.1. The molecule has 0 saturated heterocycles. The Hall–Kier alpha value is -1.05. The van der Waals surface area contributed by atoms with E-state index in [9.17, 15) is 4.79 Å². The second-order valence-electron chi connectivity index (χ2n) is 4.95. The fourth-order valence-electron chi connectivity index (χ4n) is 3.05. The van der Waals surface area contributed by atoms with Gasteiger partial charge in [0.15, 0.2) is 0 Å². The summed E-state index contributed by atoms with van der Waals surface area (Å²) in [5.41, 5.74) is 0. The summed E-state index contributed by atoms with van der Waals surface area (Å²) >= 11 is 0. The molecule has 1 saturated carbocycles. The number of hydrogen-bond acceptors (Lipinski definition) is 2. The molecule has 2 nitrogen and oxygen atoms in total. The molecule has 2 aliphatic carbocycles. The van der Waals surface area contributed by atoms with Gasteiger partial charge in [-0.05, 0) is 31.1 Å². The van der Waals surface area contributed by atoms with E-state index in [1.165, 1.54) is 19.8 Å². The maximum atomic E-state index is 11.1. The van der Waals surface area contributed by atoms with E-state index >= 15 is 0 Å². The summed E-state index contributed by atoms with van der Waals surface area (Å²) in [6.07, 6.45) is 11.1. The molecule has 0 aromatic rings. The Bertz CT molecular complexity index is 306. The van der Waals surface area contributed by atoms with Crippen molar-refractivity contribution < 1.29 is 9.53 Å². The van der Waals surface area contributed by atoms with Gasteiger partial charge in [0.1, 0.15) is 6.10 Å². The van der Waals surface area contributed by atoms with Gasteiger partial charge in [-0.2, -0.15) is 0 Å². The van der Waals surface area contributed by atoms with Gasteiger partial charge in [0.25, 0.3) is 0 Å². The minimum atomic E-state index is -0.153. The largest absolute Gasteiger partial charge is 0.462 e. The summed E-state index contributed by atoms with van der Waals surface area (Å²) in [6.45, 7) is 5.38. The van der Waals surface area contributed by atoms with Crippen molar-refractivity contribution in [3.05, 3.63) is 24.8 Å². The molecule has 0 aromatic heterocycles. The van der Waals surface area contributed by atoms with Crippen LogP contribution in [0.2, 0.25) is 0 Å². The van der Waals surface area contributed by atoms with Crippen molar-refractivity contribution in [2.75, 3.05) is 0 Å². The SMILES string of the molecule is C=C[C@@H]1CC[C@@H]2C=CCC(OC(C)=O)[C@@H]2C1. The van der Waals surface area contributed by atoms with Crippen molar-refractivity contribution in [2.45, 2.75) is 38.7 Å². The zero-order chi connectivity index (χ0) is 11.5. The first kappa shape index (κ1) is 11.4. The van der Waals surface area contributed by atoms with Gasteiger partial charge in [0.2, 0.25) is 0 Å². The van der Waals surface area contributed by atoms with Crippen molar-refractivity contribution in [3.63, 3.8) is 0 Å². The predicted molar refractivity (Wildman–Crippen MR) is 63.8 cm³/mol. The summed E-state index contributed by atoms with van der Waals surface area (Å²) in [5, 5.41) is 0. The Morgan fingerprint density at radius 2 is 2.31 bits per heavy atom. The molecule has 0 radical (unpaired) electrons. The van der Waals surface area contributed by atoms with Gasteiger partial charge >= 0.3 is 5.97 Å². The van der Waals surface area contributed by atoms with Gasteiger partial charge in [0.05, 0.1) is 0 Å². The normalized spacial score (nSPS) is 37.6. The fourth-order valence-corrected chi connectivity index (χ4v) is 3.05. The molecule has 0 aromatic carbocycles. The Balaban J connectivity index is 2.07. The van der Waals surface area contributed by atoms with Crippen LogP contribution in [0.15, 0.2) is 24.8 Å². The predicted octanol–water partition coefficient (Wildman–Crippen LogP) is 3.10. The number of rotatable bonds is 2. The molecule has 2 rings (SSSR count). The molecule has 16 heavy (non-hydrogen) atoms. The highest BCUT2D eigenvalue weighted by Gasteiger charge is 2.36. The van der Waals surface area contributed by atoms with Gasteiger partial charge in [0, 0.05) is 19.3 Å². The quantitative estimate of drug-likeness (QED) is 0.528. The van der Waals surface area contributed by atoms with E-state index in [0.717, 1.165) is 12.8 Å². The highest BCUT2D eigenvalue weighted by molar-refractivity contribution is 5.66. The van der Waals surface area contributed by atoms with Crippen molar-refractivity contribution in [1.29, 1.82) is 0 Å². The van der Waals surface area contributed by atoms with Crippen LogP contribution >= 0.6 is 0 Å². The van der Waals surface area contributed by atoms with E-state index in [0.29, 0.717) is 17.8 Å². The molecule has 88 valence electrons. The van der Waals surface area contributed by atoms with Gasteiger partial charge in [-0.3, -0.25) is 4.79 Å². The number of ether oxygens (including phenoxy) is 1. The topological polar surface area (TPSA) is 26.3 Å². The van der Waals surface area contributed by atoms with Crippen molar-refractivity contribution >= 4 is 5.97 Å². The average Bonchev–Trinajstić information content (AvgIpc) is 2.28. The molecular formula is C14H20O2. The van der Waals surface area contributed by atoms with Gasteiger partial charge in [-0.1, -0.05) is 18.2 Å². The van der Waals surface area contributed by atoms with E-state index in [-0.39, 0.29) is 12.1 Å². The average molecular weight is 220 g/mol. The molecular weight excluding hydrogens is 200 g/mol. The van der Waals surface area contributed by atoms with Crippen LogP contribution in [0, 0.1) is 17.8 Å². The smallest absolute Gasteiger partial charge is 0.302 e. The first-order valence-electron chi connectivity index (χ1n) is 6.17. The summed E-state index contributed by atoms with van der Waals surface area (Å²) < 4.78 is 5.43. The molecule has 1 fully saturated rings. The lowest BCUT2D eigenvalue weighted by molar-refractivity contribution is -0.151. The van der Waals surface area contributed by atoms with Crippen LogP contribution in [0.25, 0.3) is 0 Å². The van der Waals surface area contributed by atoms with Crippen LogP contribution in [0.1, 0.15) is 32.6 Å². The zero-order valence-corrected chi connectivity index (χ0v) is 9.89. The van der Waals surface area contributed by atoms with E-state index in [4.69, 9.17) is 4.74 Å². The zero-order valence-electron chi connectivity index (χ0n) is 9.89. The molecule has 0 aliphatic heterocycles. The fraction of sp³-hybridized carbons (Fsp3) is 0.643. The lowest BCUT2D eigenvalue weighted by Gasteiger charge is -2.40. The number of fused-ring (bicyclic) bond motifs is 1. The Kier molecular flexibility index (Phi) is 3.47. The monoisotopic (exact) mass is 220 g/mol. The van der Waals surface area contributed by atoms with Crippen LogP contribution in [0.5, 0.6) is 0 Å². The first-order chi connectivity index (χ1) is 7.70. The highest BCUT2D eigenvalue weighted by Crippen LogP contribution is 2.41. The number of carbonyl (C=O) groups excluding carboxylic acids is 1. The van der Waals surface area contributed by atoms with E-state index in [2.05, 4.69) is 24.8 Å². The van der Waals surface area contributed by atoms with E-state index in [1.807, 2.05) is 0 Å². The molecule has 2 aliphatic rings. The van der Waals surface area contributed by atoms with Crippen LogP contribution in [-0.2, 0) is 9.53 Å². The van der Waals surface area contributed by atoms with E-state index in [1.54, 1.807) is 0 Å². The third kappa shape index (κ3) is 2.37. The maximum absolute atomic E-state index is 11.1. The second kappa shape index (κ2) is 4.86. The third-order valence-electron chi connectivity index (χ3n) is 3.88. The van der Waals surface area contributed by atoms with Crippen LogP contribution in [0.3, 0.4) is 0 Å². The first-order valence-corrected chi connectivity index (χ1v) is 6.17. The molecule has 0 amide bonds. The lowest BCUT2D eigenvalue weighted by Crippen LogP contribution is -2.37. The summed E-state index contributed by atoms with van der Waals surface area (Å²) in [6, 6.07) is 0. The Labute approximate surface area is 97.4 Å². The Morgan fingerprint density at radius 3 is 3.00 bits per heavy atom. The number of carbonyl (C=O) groups is 1. The number of hydrogen-bond donors (Lipinski definition) is 0. The molecule has 1 unspecified atom stereocenters. The lowest BCUT2D eigenvalue weighted by atomic mass is 9.69. The van der Waals surface area contributed by atoms with Crippen molar-refractivity contribution in [1.82, 2.24) is 0 Å². The third-order valence-corrected chi connectivity index (χ3v) is 3.88. The standard InChI is InChI=1S/C14H20O2/c1-3-11-7-8-12-5-4-6-14(13(12)9-11)16-10(2)15/h3-5,11-14H,1,6-9H2,2H3/t11-,12+,13-,14?/m1/s1. The van der Waals surface area contributed by atoms with Gasteiger partial charge < -0.3 is 4.74 Å².